The van der Waals surface area contributed by atoms with Gasteiger partial charge in [-0.05, 0) is 29.3 Å². The Morgan fingerprint density at radius 2 is 1.81 bits per heavy atom. The summed E-state index contributed by atoms with van der Waals surface area (Å²) in [5.41, 5.74) is 1.04. The van der Waals surface area contributed by atoms with Crippen molar-refractivity contribution in [3.05, 3.63) is 64.4 Å². The standard InChI is InChI=1S/C15H14ClFO3S/c1-21(19,20)12-7-5-10(6-8-12)14(18)9-11-3-2-4-13(17)15(11)16/h2-8,14,18H,9H2,1H3. The molecule has 0 aliphatic carbocycles. The summed E-state index contributed by atoms with van der Waals surface area (Å²) >= 11 is 5.84. The molecule has 0 aliphatic heterocycles. The van der Waals surface area contributed by atoms with Gasteiger partial charge >= 0.3 is 0 Å². The first kappa shape index (κ1) is 15.9. The Morgan fingerprint density at radius 1 is 1.19 bits per heavy atom. The quantitative estimate of drug-likeness (QED) is 0.938. The SMILES string of the molecule is CS(=O)(=O)c1ccc(C(O)Cc2cccc(F)c2Cl)cc1. The summed E-state index contributed by atoms with van der Waals surface area (Å²) in [5.74, 6) is -0.534. The van der Waals surface area contributed by atoms with Gasteiger partial charge in [-0.1, -0.05) is 35.9 Å². The molecule has 112 valence electrons. The van der Waals surface area contributed by atoms with Gasteiger partial charge in [-0.15, -0.1) is 0 Å². The van der Waals surface area contributed by atoms with Crippen molar-refractivity contribution in [2.45, 2.75) is 17.4 Å². The molecule has 0 radical (unpaired) electrons. The minimum atomic E-state index is -3.27. The summed E-state index contributed by atoms with van der Waals surface area (Å²) in [6.07, 6.45) is 0.373. The molecule has 0 spiro atoms. The summed E-state index contributed by atoms with van der Waals surface area (Å²) < 4.78 is 36.1. The Bertz CT molecular complexity index is 742. The monoisotopic (exact) mass is 328 g/mol. The summed E-state index contributed by atoms with van der Waals surface area (Å²) in [6, 6.07) is 10.3. The molecule has 1 unspecified atom stereocenters. The Balaban J connectivity index is 2.21. The van der Waals surface area contributed by atoms with Crippen molar-refractivity contribution in [1.29, 1.82) is 0 Å². The van der Waals surface area contributed by atoms with Crippen LogP contribution < -0.4 is 0 Å². The molecule has 2 aromatic carbocycles. The largest absolute Gasteiger partial charge is 0.388 e. The lowest BCUT2D eigenvalue weighted by molar-refractivity contribution is 0.178. The van der Waals surface area contributed by atoms with E-state index >= 15 is 0 Å². The molecular formula is C15H14ClFO3S. The first-order chi connectivity index (χ1) is 9.79. The van der Waals surface area contributed by atoms with Crippen LogP contribution in [0.25, 0.3) is 0 Å². The third-order valence-electron chi connectivity index (χ3n) is 3.14. The number of aliphatic hydroxyl groups excluding tert-OH is 1. The van der Waals surface area contributed by atoms with E-state index in [1.807, 2.05) is 0 Å². The number of halogens is 2. The van der Waals surface area contributed by atoms with E-state index in [0.29, 0.717) is 11.1 Å². The molecule has 21 heavy (non-hydrogen) atoms. The van der Waals surface area contributed by atoms with Crippen LogP contribution in [0.15, 0.2) is 47.4 Å². The van der Waals surface area contributed by atoms with Gasteiger partial charge in [0.15, 0.2) is 9.84 Å². The Kier molecular flexibility index (Phi) is 4.66. The van der Waals surface area contributed by atoms with Crippen molar-refractivity contribution < 1.29 is 17.9 Å². The molecule has 0 saturated carbocycles. The van der Waals surface area contributed by atoms with Gasteiger partial charge in [-0.25, -0.2) is 12.8 Å². The van der Waals surface area contributed by atoms with Crippen molar-refractivity contribution in [3.63, 3.8) is 0 Å². The van der Waals surface area contributed by atoms with Crippen LogP contribution in [0.3, 0.4) is 0 Å². The maximum absolute atomic E-state index is 13.3. The number of hydrogen-bond acceptors (Lipinski definition) is 3. The van der Waals surface area contributed by atoms with E-state index < -0.39 is 21.8 Å². The zero-order chi connectivity index (χ0) is 15.6. The molecule has 3 nitrogen and oxygen atoms in total. The average Bonchev–Trinajstić information content (AvgIpc) is 2.43. The minimum absolute atomic E-state index is 0.00990. The van der Waals surface area contributed by atoms with E-state index in [4.69, 9.17) is 11.6 Å². The van der Waals surface area contributed by atoms with Crippen molar-refractivity contribution in [2.75, 3.05) is 6.26 Å². The number of aliphatic hydroxyl groups is 1. The molecule has 2 aromatic rings. The zero-order valence-electron chi connectivity index (χ0n) is 11.3. The number of rotatable bonds is 4. The molecule has 0 heterocycles. The van der Waals surface area contributed by atoms with E-state index in [1.165, 1.54) is 36.4 Å². The lowest BCUT2D eigenvalue weighted by Crippen LogP contribution is -2.04. The highest BCUT2D eigenvalue weighted by atomic mass is 35.5. The molecule has 1 atom stereocenters. The lowest BCUT2D eigenvalue weighted by atomic mass is 10.0. The molecule has 2 rings (SSSR count). The van der Waals surface area contributed by atoms with Gasteiger partial charge in [0, 0.05) is 12.7 Å². The van der Waals surface area contributed by atoms with Crippen LogP contribution in [0.1, 0.15) is 17.2 Å². The van der Waals surface area contributed by atoms with Crippen molar-refractivity contribution in [1.82, 2.24) is 0 Å². The highest BCUT2D eigenvalue weighted by Crippen LogP contribution is 2.26. The second kappa shape index (κ2) is 6.13. The third kappa shape index (κ3) is 3.81. The van der Waals surface area contributed by atoms with E-state index in [0.717, 1.165) is 6.26 Å². The lowest BCUT2D eigenvalue weighted by Gasteiger charge is -2.13. The van der Waals surface area contributed by atoms with Gasteiger partial charge < -0.3 is 5.11 Å². The molecule has 0 saturated heterocycles. The minimum Gasteiger partial charge on any atom is -0.388 e. The fourth-order valence-electron chi connectivity index (χ4n) is 1.97. The number of benzene rings is 2. The van der Waals surface area contributed by atoms with Gasteiger partial charge in [0.1, 0.15) is 5.82 Å². The van der Waals surface area contributed by atoms with Crippen molar-refractivity contribution in [3.8, 4) is 0 Å². The molecule has 0 amide bonds. The van der Waals surface area contributed by atoms with Gasteiger partial charge in [-0.3, -0.25) is 0 Å². The van der Waals surface area contributed by atoms with Crippen LogP contribution in [-0.4, -0.2) is 19.8 Å². The van der Waals surface area contributed by atoms with Crippen LogP contribution in [0.2, 0.25) is 5.02 Å². The zero-order valence-corrected chi connectivity index (χ0v) is 12.8. The third-order valence-corrected chi connectivity index (χ3v) is 4.69. The summed E-state index contributed by atoms with van der Waals surface area (Å²) in [4.78, 5) is 0.183. The smallest absolute Gasteiger partial charge is 0.175 e. The number of sulfone groups is 1. The molecular weight excluding hydrogens is 315 g/mol. The van der Waals surface area contributed by atoms with Gasteiger partial charge in [0.2, 0.25) is 0 Å². The van der Waals surface area contributed by atoms with Crippen LogP contribution in [0.5, 0.6) is 0 Å². The highest BCUT2D eigenvalue weighted by molar-refractivity contribution is 7.90. The van der Waals surface area contributed by atoms with E-state index in [-0.39, 0.29) is 16.3 Å². The molecule has 0 aliphatic rings. The van der Waals surface area contributed by atoms with Crippen molar-refractivity contribution >= 4 is 21.4 Å². The van der Waals surface area contributed by atoms with E-state index in [1.54, 1.807) is 6.07 Å². The van der Waals surface area contributed by atoms with Crippen LogP contribution in [-0.2, 0) is 16.3 Å². The summed E-state index contributed by atoms with van der Waals surface area (Å²) in [6.45, 7) is 0. The fraction of sp³-hybridized carbons (Fsp3) is 0.200. The molecule has 6 heteroatoms. The maximum Gasteiger partial charge on any atom is 0.175 e. The second-order valence-electron chi connectivity index (χ2n) is 4.77. The van der Waals surface area contributed by atoms with E-state index in [2.05, 4.69) is 0 Å². The normalized spacial score (nSPS) is 13.1. The highest BCUT2D eigenvalue weighted by Gasteiger charge is 2.14. The summed E-state index contributed by atoms with van der Waals surface area (Å²) in [7, 11) is -3.27. The van der Waals surface area contributed by atoms with Crippen LogP contribution in [0, 0.1) is 5.82 Å². The topological polar surface area (TPSA) is 54.4 Å². The fourth-order valence-corrected chi connectivity index (χ4v) is 2.80. The first-order valence-electron chi connectivity index (χ1n) is 6.20. The van der Waals surface area contributed by atoms with Crippen LogP contribution in [0.4, 0.5) is 4.39 Å². The Hall–Kier alpha value is -1.43. The van der Waals surface area contributed by atoms with Gasteiger partial charge in [-0.2, -0.15) is 0 Å². The molecule has 0 aromatic heterocycles. The first-order valence-corrected chi connectivity index (χ1v) is 8.47. The number of hydrogen-bond donors (Lipinski definition) is 1. The average molecular weight is 329 g/mol. The van der Waals surface area contributed by atoms with Crippen LogP contribution >= 0.6 is 11.6 Å². The van der Waals surface area contributed by atoms with Gasteiger partial charge in [0.25, 0.3) is 0 Å². The second-order valence-corrected chi connectivity index (χ2v) is 7.17. The maximum atomic E-state index is 13.3. The molecule has 0 fully saturated rings. The molecule has 0 bridgehead atoms. The Morgan fingerprint density at radius 3 is 2.38 bits per heavy atom. The predicted octanol–water partition coefficient (Wildman–Crippen LogP) is 3.16. The van der Waals surface area contributed by atoms with Crippen molar-refractivity contribution in [2.24, 2.45) is 0 Å². The van der Waals surface area contributed by atoms with Gasteiger partial charge in [0.05, 0.1) is 16.0 Å². The van der Waals surface area contributed by atoms with E-state index in [9.17, 15) is 17.9 Å². The summed E-state index contributed by atoms with van der Waals surface area (Å²) in [5, 5.41) is 10.1. The molecule has 1 N–H and O–H groups in total. The Labute approximate surface area is 127 Å². The predicted molar refractivity (Wildman–Crippen MR) is 79.6 cm³/mol.